The summed E-state index contributed by atoms with van der Waals surface area (Å²) in [5, 5.41) is 0. The molecule has 29 heavy (non-hydrogen) atoms. The highest BCUT2D eigenvalue weighted by Crippen LogP contribution is 2.50. The highest BCUT2D eigenvalue weighted by atomic mass is 14.4. The first-order valence-electron chi connectivity index (χ1n) is 11.0. The summed E-state index contributed by atoms with van der Waals surface area (Å²) in [5.74, 6) is 1.20. The van der Waals surface area contributed by atoms with Crippen molar-refractivity contribution >= 4 is 6.08 Å². The van der Waals surface area contributed by atoms with E-state index in [0.29, 0.717) is 11.8 Å². The molecular weight excluding hydrogens is 348 g/mol. The first kappa shape index (κ1) is 19.7. The summed E-state index contributed by atoms with van der Waals surface area (Å²) in [7, 11) is 0. The summed E-state index contributed by atoms with van der Waals surface area (Å²) in [6.07, 6.45) is 4.86. The van der Waals surface area contributed by atoms with Crippen molar-refractivity contribution in [1.29, 1.82) is 0 Å². The van der Waals surface area contributed by atoms with Crippen molar-refractivity contribution in [1.82, 2.24) is 0 Å². The van der Waals surface area contributed by atoms with E-state index in [-0.39, 0.29) is 0 Å². The van der Waals surface area contributed by atoms with Gasteiger partial charge in [-0.05, 0) is 60.1 Å². The maximum atomic E-state index is 2.43. The Morgan fingerprint density at radius 1 is 0.690 bits per heavy atom. The lowest BCUT2D eigenvalue weighted by atomic mass is 9.76. The molecule has 0 heteroatoms. The topological polar surface area (TPSA) is 0 Å². The van der Waals surface area contributed by atoms with Crippen molar-refractivity contribution < 1.29 is 0 Å². The van der Waals surface area contributed by atoms with Gasteiger partial charge in [-0.3, -0.25) is 0 Å². The van der Waals surface area contributed by atoms with Crippen molar-refractivity contribution in [2.24, 2.45) is 5.92 Å². The van der Waals surface area contributed by atoms with Crippen LogP contribution in [0.5, 0.6) is 0 Å². The number of rotatable bonds is 5. The number of fused-ring (bicyclic) bond motifs is 1. The van der Waals surface area contributed by atoms with Gasteiger partial charge in [-0.2, -0.15) is 0 Å². The normalized spacial score (nSPS) is 15.5. The Hall–Kier alpha value is -2.60. The Kier molecular flexibility index (Phi) is 5.46. The molecule has 148 valence electrons. The van der Waals surface area contributed by atoms with E-state index in [1.807, 2.05) is 0 Å². The maximum absolute atomic E-state index is 2.43. The van der Waals surface area contributed by atoms with E-state index in [4.69, 9.17) is 0 Å². The number of allylic oxidation sites excluding steroid dienone is 1. The minimum atomic E-state index is 0.515. The second-order valence-electron chi connectivity index (χ2n) is 8.67. The van der Waals surface area contributed by atoms with Crippen LogP contribution in [0.15, 0.2) is 66.2 Å². The number of hydrogen-bond donors (Lipinski definition) is 0. The fourth-order valence-electron chi connectivity index (χ4n) is 5.03. The third kappa shape index (κ3) is 3.57. The molecule has 1 atom stereocenters. The number of benzene rings is 3. The molecule has 0 spiro atoms. The van der Waals surface area contributed by atoms with Gasteiger partial charge in [0.15, 0.2) is 0 Å². The van der Waals surface area contributed by atoms with E-state index in [2.05, 4.69) is 101 Å². The second kappa shape index (κ2) is 8.03. The lowest BCUT2D eigenvalue weighted by Gasteiger charge is -2.27. The van der Waals surface area contributed by atoms with Gasteiger partial charge in [-0.15, -0.1) is 0 Å². The van der Waals surface area contributed by atoms with Crippen LogP contribution >= 0.6 is 0 Å². The van der Waals surface area contributed by atoms with Crippen molar-refractivity contribution in [2.75, 3.05) is 0 Å². The van der Waals surface area contributed by atoms with Gasteiger partial charge in [0.05, 0.1) is 0 Å². The van der Waals surface area contributed by atoms with E-state index < -0.39 is 0 Å². The molecule has 0 amide bonds. The Balaban J connectivity index is 2.00. The summed E-state index contributed by atoms with van der Waals surface area (Å²) in [4.78, 5) is 0. The van der Waals surface area contributed by atoms with E-state index in [9.17, 15) is 0 Å². The largest absolute Gasteiger partial charge is 0.0651 e. The summed E-state index contributed by atoms with van der Waals surface area (Å²) < 4.78 is 0. The second-order valence-corrected chi connectivity index (χ2v) is 8.67. The fraction of sp³-hybridized carbons (Fsp3) is 0.310. The van der Waals surface area contributed by atoms with Crippen LogP contribution in [0.25, 0.3) is 28.3 Å². The molecule has 3 aromatic carbocycles. The SMILES string of the molecule is CCC(CC)C1C(C)=Cc2ccc(-c3ccc(C)cc3)c(-c3ccc(C)cc3)c21. The van der Waals surface area contributed by atoms with E-state index in [1.54, 1.807) is 0 Å². The zero-order valence-electron chi connectivity index (χ0n) is 18.4. The van der Waals surface area contributed by atoms with Crippen LogP contribution in [0.4, 0.5) is 0 Å². The van der Waals surface area contributed by atoms with Crippen LogP contribution in [0, 0.1) is 19.8 Å². The molecule has 0 saturated carbocycles. The molecule has 1 unspecified atom stereocenters. The summed E-state index contributed by atoms with van der Waals surface area (Å²) in [5.41, 5.74) is 12.5. The highest BCUT2D eigenvalue weighted by molar-refractivity contribution is 5.91. The Bertz CT molecular complexity index is 1030. The van der Waals surface area contributed by atoms with Gasteiger partial charge >= 0.3 is 0 Å². The minimum absolute atomic E-state index is 0.515. The molecule has 0 fully saturated rings. The van der Waals surface area contributed by atoms with Gasteiger partial charge in [0, 0.05) is 5.92 Å². The van der Waals surface area contributed by atoms with E-state index >= 15 is 0 Å². The standard InChI is InChI=1S/C29H32/c1-6-22(7-2)27-21(5)18-25-16-17-26(23-12-8-19(3)9-13-23)28(29(25)27)24-14-10-20(4)11-15-24/h8-18,22,27H,6-7H2,1-5H3. The van der Waals surface area contributed by atoms with Gasteiger partial charge in [0.2, 0.25) is 0 Å². The van der Waals surface area contributed by atoms with Crippen LogP contribution in [0.2, 0.25) is 0 Å². The lowest BCUT2D eigenvalue weighted by Crippen LogP contribution is -2.12. The van der Waals surface area contributed by atoms with Crippen LogP contribution < -0.4 is 0 Å². The number of hydrogen-bond acceptors (Lipinski definition) is 0. The molecule has 0 heterocycles. The molecule has 0 aromatic heterocycles. The van der Waals surface area contributed by atoms with Crippen LogP contribution in [-0.2, 0) is 0 Å². The Morgan fingerprint density at radius 2 is 1.24 bits per heavy atom. The third-order valence-electron chi connectivity index (χ3n) is 6.69. The molecule has 1 aliphatic rings. The first-order valence-corrected chi connectivity index (χ1v) is 11.0. The van der Waals surface area contributed by atoms with Crippen molar-refractivity contribution in [2.45, 2.75) is 53.4 Å². The molecule has 3 aromatic rings. The van der Waals surface area contributed by atoms with Gasteiger partial charge in [0.25, 0.3) is 0 Å². The quantitative estimate of drug-likeness (QED) is 0.416. The van der Waals surface area contributed by atoms with Gasteiger partial charge < -0.3 is 0 Å². The molecule has 0 nitrogen and oxygen atoms in total. The van der Waals surface area contributed by atoms with E-state index in [0.717, 1.165) is 0 Å². The van der Waals surface area contributed by atoms with Crippen LogP contribution in [-0.4, -0.2) is 0 Å². The van der Waals surface area contributed by atoms with Crippen molar-refractivity contribution in [3.05, 3.63) is 88.5 Å². The average molecular weight is 381 g/mol. The number of aryl methyl sites for hydroxylation is 2. The molecule has 0 saturated heterocycles. The predicted molar refractivity (Wildman–Crippen MR) is 127 cm³/mol. The van der Waals surface area contributed by atoms with Crippen LogP contribution in [0.3, 0.4) is 0 Å². The molecule has 0 bridgehead atoms. The van der Waals surface area contributed by atoms with E-state index in [1.165, 1.54) is 62.9 Å². The third-order valence-corrected chi connectivity index (χ3v) is 6.69. The van der Waals surface area contributed by atoms with Gasteiger partial charge in [-0.1, -0.05) is 110 Å². The lowest BCUT2D eigenvalue weighted by molar-refractivity contribution is 0.438. The summed E-state index contributed by atoms with van der Waals surface area (Å²) >= 11 is 0. The summed E-state index contributed by atoms with van der Waals surface area (Å²) in [6.45, 7) is 11.3. The predicted octanol–water partition coefficient (Wildman–Crippen LogP) is 8.57. The molecule has 0 aliphatic heterocycles. The van der Waals surface area contributed by atoms with Crippen molar-refractivity contribution in [3.63, 3.8) is 0 Å². The average Bonchev–Trinajstić information content (AvgIpc) is 3.06. The molecule has 1 aliphatic carbocycles. The molecule has 4 rings (SSSR count). The summed E-state index contributed by atoms with van der Waals surface area (Å²) in [6, 6.07) is 22.8. The monoisotopic (exact) mass is 380 g/mol. The maximum Gasteiger partial charge on any atom is 0.00891 e. The van der Waals surface area contributed by atoms with Crippen molar-refractivity contribution in [3.8, 4) is 22.3 Å². The molecule has 0 N–H and O–H groups in total. The smallest absolute Gasteiger partial charge is 0.00891 e. The van der Waals surface area contributed by atoms with Gasteiger partial charge in [-0.25, -0.2) is 0 Å². The van der Waals surface area contributed by atoms with Crippen LogP contribution in [0.1, 0.15) is 61.8 Å². The molecule has 0 radical (unpaired) electrons. The molecular formula is C29H32. The Labute approximate surface area is 176 Å². The Morgan fingerprint density at radius 3 is 1.79 bits per heavy atom. The highest BCUT2D eigenvalue weighted by Gasteiger charge is 2.32. The fourth-order valence-corrected chi connectivity index (χ4v) is 5.03. The first-order chi connectivity index (χ1) is 14.0. The minimum Gasteiger partial charge on any atom is -0.0651 e. The zero-order chi connectivity index (χ0) is 20.5. The van der Waals surface area contributed by atoms with Gasteiger partial charge in [0.1, 0.15) is 0 Å². The zero-order valence-corrected chi connectivity index (χ0v) is 18.4.